The summed E-state index contributed by atoms with van der Waals surface area (Å²) in [6, 6.07) is -0.701. The summed E-state index contributed by atoms with van der Waals surface area (Å²) in [5.41, 5.74) is 5.36. The summed E-state index contributed by atoms with van der Waals surface area (Å²) in [6.07, 6.45) is 0.562. The lowest BCUT2D eigenvalue weighted by atomic mass is 9.91. The van der Waals surface area contributed by atoms with Gasteiger partial charge in [0, 0.05) is 0 Å². The van der Waals surface area contributed by atoms with E-state index in [9.17, 15) is 4.79 Å². The maximum Gasteiger partial charge on any atom is 0.320 e. The average Bonchev–Trinajstić information content (AvgIpc) is 1.87. The lowest BCUT2D eigenvalue weighted by Gasteiger charge is -2.17. The largest absolute Gasteiger partial charge is 0.480 e. The fourth-order valence-electron chi connectivity index (χ4n) is 0.774. The number of hydrogen-bond acceptors (Lipinski definition) is 2. The Balaban J connectivity index is 0. The van der Waals surface area contributed by atoms with Crippen LogP contribution in [0.3, 0.4) is 0 Å². The molecule has 0 aromatic rings. The average molecular weight is 196 g/mol. The zero-order valence-electron chi connectivity index (χ0n) is 7.78. The van der Waals surface area contributed by atoms with Crippen molar-refractivity contribution in [3.05, 3.63) is 0 Å². The van der Waals surface area contributed by atoms with Crippen LogP contribution >= 0.6 is 12.4 Å². The van der Waals surface area contributed by atoms with Crippen molar-refractivity contribution in [3.8, 4) is 0 Å². The van der Waals surface area contributed by atoms with Gasteiger partial charge >= 0.3 is 5.97 Å². The highest BCUT2D eigenvalue weighted by Gasteiger charge is 2.17. The van der Waals surface area contributed by atoms with Crippen LogP contribution in [0.5, 0.6) is 0 Å². The smallest absolute Gasteiger partial charge is 0.320 e. The van der Waals surface area contributed by atoms with Gasteiger partial charge in [-0.1, -0.05) is 20.8 Å². The molecule has 74 valence electrons. The highest BCUT2D eigenvalue weighted by molar-refractivity contribution is 5.85. The number of carboxylic acid groups (broad SMARTS) is 1. The summed E-state index contributed by atoms with van der Waals surface area (Å²) in [7, 11) is 0. The first-order chi connectivity index (χ1) is 4.95. The van der Waals surface area contributed by atoms with Crippen molar-refractivity contribution in [3.63, 3.8) is 0 Å². The van der Waals surface area contributed by atoms with E-state index in [-0.39, 0.29) is 12.4 Å². The van der Waals surface area contributed by atoms with Gasteiger partial charge in [-0.3, -0.25) is 4.79 Å². The van der Waals surface area contributed by atoms with Crippen molar-refractivity contribution in [2.75, 3.05) is 0 Å². The summed E-state index contributed by atoms with van der Waals surface area (Å²) in [6.45, 7) is 6.16. The van der Waals surface area contributed by atoms with E-state index < -0.39 is 12.0 Å². The first-order valence-corrected chi connectivity index (χ1v) is 3.93. The Morgan fingerprint density at radius 3 is 2.08 bits per heavy atom. The van der Waals surface area contributed by atoms with Crippen LogP contribution in [-0.2, 0) is 4.79 Å². The number of carboxylic acids is 1. The molecule has 0 heterocycles. The van der Waals surface area contributed by atoms with Gasteiger partial charge in [-0.05, 0) is 18.3 Å². The van der Waals surface area contributed by atoms with Crippen molar-refractivity contribution < 1.29 is 9.90 Å². The molecule has 0 rings (SSSR count). The number of rotatable bonds is 4. The van der Waals surface area contributed by atoms with E-state index in [4.69, 9.17) is 10.8 Å². The van der Waals surface area contributed by atoms with Gasteiger partial charge in [-0.2, -0.15) is 0 Å². The van der Waals surface area contributed by atoms with Crippen LogP contribution in [0, 0.1) is 11.8 Å². The van der Waals surface area contributed by atoms with Crippen LogP contribution in [0.25, 0.3) is 0 Å². The fourth-order valence-corrected chi connectivity index (χ4v) is 0.774. The molecular weight excluding hydrogens is 178 g/mol. The molecule has 0 saturated heterocycles. The van der Waals surface area contributed by atoms with Crippen LogP contribution in [0.2, 0.25) is 0 Å². The molecule has 0 aromatic heterocycles. The molecule has 0 fully saturated rings. The number of aliphatic carboxylic acids is 1. The molecule has 0 aromatic carbocycles. The Morgan fingerprint density at radius 1 is 1.42 bits per heavy atom. The standard InChI is InChI=1S/C8H17NO2.ClH/c1-5(2)6(3)4-7(9)8(10)11;/h5-7H,4,9H2,1-3H3,(H,10,11);1H/t6-,7+;/m1./s1. The van der Waals surface area contributed by atoms with Crippen LogP contribution in [0.1, 0.15) is 27.2 Å². The molecule has 3 nitrogen and oxygen atoms in total. The van der Waals surface area contributed by atoms with Gasteiger partial charge in [-0.15, -0.1) is 12.4 Å². The molecule has 0 spiro atoms. The molecular formula is C8H18ClNO2. The zero-order chi connectivity index (χ0) is 9.02. The maximum atomic E-state index is 10.3. The molecule has 4 heteroatoms. The summed E-state index contributed by atoms with van der Waals surface area (Å²) in [5.74, 6) is -0.0287. The van der Waals surface area contributed by atoms with E-state index in [1.165, 1.54) is 0 Å². The Morgan fingerprint density at radius 2 is 1.83 bits per heavy atom. The summed E-state index contributed by atoms with van der Waals surface area (Å²) in [5, 5.41) is 8.49. The first-order valence-electron chi connectivity index (χ1n) is 3.93. The second kappa shape index (κ2) is 6.26. The SMILES string of the molecule is CC(C)[C@H](C)C[C@H](N)C(=O)O.Cl. The van der Waals surface area contributed by atoms with Gasteiger partial charge in [0.25, 0.3) is 0 Å². The highest BCUT2D eigenvalue weighted by Crippen LogP contribution is 2.14. The number of nitrogens with two attached hydrogens (primary N) is 1. The molecule has 0 radical (unpaired) electrons. The third-order valence-corrected chi connectivity index (χ3v) is 2.08. The van der Waals surface area contributed by atoms with E-state index >= 15 is 0 Å². The number of halogens is 1. The van der Waals surface area contributed by atoms with Gasteiger partial charge in [0.15, 0.2) is 0 Å². The molecule has 3 N–H and O–H groups in total. The van der Waals surface area contributed by atoms with Gasteiger partial charge in [0.1, 0.15) is 6.04 Å². The van der Waals surface area contributed by atoms with Crippen LogP contribution < -0.4 is 5.73 Å². The summed E-state index contributed by atoms with van der Waals surface area (Å²) >= 11 is 0. The fraction of sp³-hybridized carbons (Fsp3) is 0.875. The highest BCUT2D eigenvalue weighted by atomic mass is 35.5. The molecule has 0 aliphatic heterocycles. The quantitative estimate of drug-likeness (QED) is 0.715. The second-order valence-corrected chi connectivity index (χ2v) is 3.40. The summed E-state index contributed by atoms with van der Waals surface area (Å²) < 4.78 is 0. The third-order valence-electron chi connectivity index (χ3n) is 2.08. The van der Waals surface area contributed by atoms with E-state index in [1.807, 2.05) is 6.92 Å². The van der Waals surface area contributed by atoms with E-state index in [1.54, 1.807) is 0 Å². The van der Waals surface area contributed by atoms with Crippen LogP contribution in [0.15, 0.2) is 0 Å². The van der Waals surface area contributed by atoms with Gasteiger partial charge in [-0.25, -0.2) is 0 Å². The van der Waals surface area contributed by atoms with Gasteiger partial charge in [0.2, 0.25) is 0 Å². The van der Waals surface area contributed by atoms with Crippen LogP contribution in [-0.4, -0.2) is 17.1 Å². The maximum absolute atomic E-state index is 10.3. The predicted octanol–water partition coefficient (Wildman–Crippen LogP) is 1.50. The number of carbonyl (C=O) groups is 1. The minimum Gasteiger partial charge on any atom is -0.480 e. The predicted molar refractivity (Wildman–Crippen MR) is 51.5 cm³/mol. The van der Waals surface area contributed by atoms with Gasteiger partial charge < -0.3 is 10.8 Å². The summed E-state index contributed by atoms with van der Waals surface area (Å²) in [4.78, 5) is 10.3. The van der Waals surface area contributed by atoms with Crippen molar-refractivity contribution in [2.24, 2.45) is 17.6 Å². The lowest BCUT2D eigenvalue weighted by Crippen LogP contribution is -2.32. The lowest BCUT2D eigenvalue weighted by molar-refractivity contribution is -0.139. The zero-order valence-corrected chi connectivity index (χ0v) is 8.60. The van der Waals surface area contributed by atoms with E-state index in [0.717, 1.165) is 0 Å². The molecule has 0 unspecified atom stereocenters. The Kier molecular flexibility index (Phi) is 7.44. The van der Waals surface area contributed by atoms with Crippen molar-refractivity contribution in [2.45, 2.75) is 33.2 Å². The first kappa shape index (κ1) is 14.3. The third kappa shape index (κ3) is 5.38. The van der Waals surface area contributed by atoms with E-state index in [0.29, 0.717) is 18.3 Å². The molecule has 0 aliphatic rings. The van der Waals surface area contributed by atoms with E-state index in [2.05, 4.69) is 13.8 Å². The molecule has 12 heavy (non-hydrogen) atoms. The van der Waals surface area contributed by atoms with Crippen LogP contribution in [0.4, 0.5) is 0 Å². The van der Waals surface area contributed by atoms with Crippen molar-refractivity contribution in [1.82, 2.24) is 0 Å². The minimum atomic E-state index is -0.905. The molecule has 0 amide bonds. The van der Waals surface area contributed by atoms with Crippen molar-refractivity contribution in [1.29, 1.82) is 0 Å². The second-order valence-electron chi connectivity index (χ2n) is 3.40. The Hall–Kier alpha value is -0.280. The topological polar surface area (TPSA) is 63.3 Å². The number of hydrogen-bond donors (Lipinski definition) is 2. The minimum absolute atomic E-state index is 0. The molecule has 0 bridgehead atoms. The Bertz CT molecular complexity index is 139. The molecule has 0 saturated carbocycles. The molecule has 2 atom stereocenters. The Labute approximate surface area is 79.7 Å². The molecule has 0 aliphatic carbocycles. The normalized spacial score (nSPS) is 15.1. The van der Waals surface area contributed by atoms with Crippen molar-refractivity contribution >= 4 is 18.4 Å². The monoisotopic (exact) mass is 195 g/mol. The van der Waals surface area contributed by atoms with Gasteiger partial charge in [0.05, 0.1) is 0 Å².